The highest BCUT2D eigenvalue weighted by atomic mass is 14.3. The molecular weight excluding hydrogens is 276 g/mol. The van der Waals surface area contributed by atoms with E-state index in [1.807, 2.05) is 0 Å². The minimum atomic E-state index is 0.956. The molecule has 0 spiro atoms. The standard InChI is InChI=1S/C23H44/c1-5-18(3)15-20-7-11-22(12-8-20)17-23-13-9-21(10-14-23)16-19(4)6-2/h18-23H,5-17H2,1-4H3. The lowest BCUT2D eigenvalue weighted by molar-refractivity contribution is 0.172. The first-order valence-electron chi connectivity index (χ1n) is 11.1. The van der Waals surface area contributed by atoms with Crippen molar-refractivity contribution in [3.63, 3.8) is 0 Å². The van der Waals surface area contributed by atoms with Gasteiger partial charge in [0.05, 0.1) is 0 Å². The molecule has 0 aromatic heterocycles. The molecule has 0 heteroatoms. The van der Waals surface area contributed by atoms with Gasteiger partial charge in [-0.25, -0.2) is 0 Å². The van der Waals surface area contributed by atoms with Crippen LogP contribution in [0.25, 0.3) is 0 Å². The van der Waals surface area contributed by atoms with Gasteiger partial charge in [-0.3, -0.25) is 0 Å². The third-order valence-electron chi connectivity index (χ3n) is 7.46. The first-order chi connectivity index (χ1) is 11.1. The van der Waals surface area contributed by atoms with Crippen LogP contribution in [0.5, 0.6) is 0 Å². The Labute approximate surface area is 147 Å². The van der Waals surface area contributed by atoms with Crippen LogP contribution in [0.4, 0.5) is 0 Å². The summed E-state index contributed by atoms with van der Waals surface area (Å²) >= 11 is 0. The average molecular weight is 321 g/mol. The second kappa shape index (κ2) is 10.1. The van der Waals surface area contributed by atoms with Crippen LogP contribution in [0.3, 0.4) is 0 Å². The van der Waals surface area contributed by atoms with Gasteiger partial charge >= 0.3 is 0 Å². The largest absolute Gasteiger partial charge is 0.0651 e. The van der Waals surface area contributed by atoms with Gasteiger partial charge in [0.1, 0.15) is 0 Å². The molecule has 0 aromatic carbocycles. The smallest absolute Gasteiger partial charge is 0.0411 e. The summed E-state index contributed by atoms with van der Waals surface area (Å²) in [6.45, 7) is 9.61. The number of hydrogen-bond donors (Lipinski definition) is 0. The Morgan fingerprint density at radius 3 is 1.17 bits per heavy atom. The van der Waals surface area contributed by atoms with Gasteiger partial charge in [-0.05, 0) is 54.8 Å². The summed E-state index contributed by atoms with van der Waals surface area (Å²) in [5.74, 6) is 6.20. The monoisotopic (exact) mass is 320 g/mol. The van der Waals surface area contributed by atoms with E-state index in [9.17, 15) is 0 Å². The third kappa shape index (κ3) is 6.79. The molecule has 2 fully saturated rings. The van der Waals surface area contributed by atoms with E-state index < -0.39 is 0 Å². The molecule has 0 N–H and O–H groups in total. The van der Waals surface area contributed by atoms with Crippen LogP contribution in [0.15, 0.2) is 0 Å². The first kappa shape index (κ1) is 19.3. The van der Waals surface area contributed by atoms with Gasteiger partial charge in [0, 0.05) is 0 Å². The van der Waals surface area contributed by atoms with Crippen LogP contribution in [0.2, 0.25) is 0 Å². The number of hydrogen-bond acceptors (Lipinski definition) is 0. The molecule has 0 heterocycles. The highest BCUT2D eigenvalue weighted by Gasteiger charge is 2.27. The van der Waals surface area contributed by atoms with Crippen molar-refractivity contribution in [2.24, 2.45) is 35.5 Å². The normalized spacial score (nSPS) is 35.0. The Morgan fingerprint density at radius 2 is 0.870 bits per heavy atom. The summed E-state index contributed by atoms with van der Waals surface area (Å²) in [5.41, 5.74) is 0. The van der Waals surface area contributed by atoms with Crippen LogP contribution in [0, 0.1) is 35.5 Å². The maximum atomic E-state index is 2.45. The van der Waals surface area contributed by atoms with Crippen LogP contribution < -0.4 is 0 Å². The fourth-order valence-electron chi connectivity index (χ4n) is 5.35. The molecule has 2 aliphatic rings. The number of rotatable bonds is 8. The fraction of sp³-hybridized carbons (Fsp3) is 1.00. The lowest BCUT2D eigenvalue weighted by atomic mass is 9.71. The minimum Gasteiger partial charge on any atom is -0.0651 e. The Kier molecular flexibility index (Phi) is 8.48. The topological polar surface area (TPSA) is 0 Å². The summed E-state index contributed by atoms with van der Waals surface area (Å²) < 4.78 is 0. The van der Waals surface area contributed by atoms with Gasteiger partial charge in [-0.15, -0.1) is 0 Å². The summed E-state index contributed by atoms with van der Waals surface area (Å²) in [4.78, 5) is 0. The van der Waals surface area contributed by atoms with Crippen molar-refractivity contribution in [2.75, 3.05) is 0 Å². The van der Waals surface area contributed by atoms with Crippen molar-refractivity contribution in [1.29, 1.82) is 0 Å². The maximum absolute atomic E-state index is 2.45. The fourth-order valence-corrected chi connectivity index (χ4v) is 5.35. The van der Waals surface area contributed by atoms with Gasteiger partial charge < -0.3 is 0 Å². The molecule has 0 radical (unpaired) electrons. The summed E-state index contributed by atoms with van der Waals surface area (Å²) in [6, 6.07) is 0. The molecule has 2 aliphatic carbocycles. The molecule has 23 heavy (non-hydrogen) atoms. The molecule has 0 saturated heterocycles. The highest BCUT2D eigenvalue weighted by molar-refractivity contribution is 4.79. The lowest BCUT2D eigenvalue weighted by Gasteiger charge is -2.35. The second-order valence-electron chi connectivity index (χ2n) is 9.51. The van der Waals surface area contributed by atoms with E-state index in [0.717, 1.165) is 35.5 Å². The van der Waals surface area contributed by atoms with Gasteiger partial charge in [0.15, 0.2) is 0 Å². The van der Waals surface area contributed by atoms with Crippen LogP contribution in [0.1, 0.15) is 111 Å². The van der Waals surface area contributed by atoms with Crippen molar-refractivity contribution < 1.29 is 0 Å². The van der Waals surface area contributed by atoms with E-state index >= 15 is 0 Å². The predicted octanol–water partition coefficient (Wildman–Crippen LogP) is 7.86. The second-order valence-corrected chi connectivity index (χ2v) is 9.51. The van der Waals surface area contributed by atoms with Crippen LogP contribution >= 0.6 is 0 Å². The SMILES string of the molecule is CCC(C)CC1CCC(CC2CCC(CC(C)CC)CC2)CC1. The summed E-state index contributed by atoms with van der Waals surface area (Å²) in [6.07, 6.45) is 19.7. The van der Waals surface area contributed by atoms with Crippen LogP contribution in [-0.2, 0) is 0 Å². The highest BCUT2D eigenvalue weighted by Crippen LogP contribution is 2.41. The van der Waals surface area contributed by atoms with Crippen LogP contribution in [-0.4, -0.2) is 0 Å². The summed E-state index contributed by atoms with van der Waals surface area (Å²) in [5, 5.41) is 0. The van der Waals surface area contributed by atoms with Gasteiger partial charge in [-0.1, -0.05) is 91.9 Å². The van der Waals surface area contributed by atoms with Gasteiger partial charge in [0.25, 0.3) is 0 Å². The van der Waals surface area contributed by atoms with E-state index in [0.29, 0.717) is 0 Å². The quantitative estimate of drug-likeness (QED) is 0.427. The lowest BCUT2D eigenvalue weighted by Crippen LogP contribution is -2.22. The van der Waals surface area contributed by atoms with E-state index in [1.54, 1.807) is 57.8 Å². The molecular formula is C23H44. The van der Waals surface area contributed by atoms with E-state index in [2.05, 4.69) is 27.7 Å². The zero-order valence-electron chi connectivity index (χ0n) is 16.7. The molecule has 2 rings (SSSR count). The molecule has 0 aliphatic heterocycles. The minimum absolute atomic E-state index is 0.956. The van der Waals surface area contributed by atoms with E-state index in [1.165, 1.54) is 25.7 Å². The zero-order valence-corrected chi connectivity index (χ0v) is 16.7. The van der Waals surface area contributed by atoms with Crippen molar-refractivity contribution in [3.8, 4) is 0 Å². The average Bonchev–Trinajstić information content (AvgIpc) is 2.58. The van der Waals surface area contributed by atoms with Gasteiger partial charge in [0.2, 0.25) is 0 Å². The van der Waals surface area contributed by atoms with E-state index in [4.69, 9.17) is 0 Å². The molecule has 0 amide bonds. The van der Waals surface area contributed by atoms with Gasteiger partial charge in [-0.2, -0.15) is 0 Å². The third-order valence-corrected chi connectivity index (χ3v) is 7.46. The van der Waals surface area contributed by atoms with Crippen molar-refractivity contribution in [1.82, 2.24) is 0 Å². The Morgan fingerprint density at radius 1 is 0.565 bits per heavy atom. The molecule has 2 atom stereocenters. The van der Waals surface area contributed by atoms with Crippen molar-refractivity contribution in [2.45, 2.75) is 111 Å². The summed E-state index contributed by atoms with van der Waals surface area (Å²) in [7, 11) is 0. The molecule has 0 aromatic rings. The Bertz CT molecular complexity index is 261. The predicted molar refractivity (Wildman–Crippen MR) is 104 cm³/mol. The molecule has 2 saturated carbocycles. The Balaban J connectivity index is 1.60. The molecule has 136 valence electrons. The van der Waals surface area contributed by atoms with E-state index in [-0.39, 0.29) is 0 Å². The van der Waals surface area contributed by atoms with Crippen molar-refractivity contribution in [3.05, 3.63) is 0 Å². The Hall–Kier alpha value is 0. The molecule has 0 nitrogen and oxygen atoms in total. The zero-order chi connectivity index (χ0) is 16.7. The first-order valence-corrected chi connectivity index (χ1v) is 11.1. The maximum Gasteiger partial charge on any atom is -0.0411 e. The molecule has 2 unspecified atom stereocenters. The van der Waals surface area contributed by atoms with Crippen molar-refractivity contribution >= 4 is 0 Å². The molecule has 0 bridgehead atoms.